The molecule has 1 saturated heterocycles. The number of rotatable bonds is 4. The monoisotopic (exact) mass is 344 g/mol. The van der Waals surface area contributed by atoms with Gasteiger partial charge in [0, 0.05) is 32.7 Å². The fraction of sp³-hybridized carbons (Fsp3) is 0.333. The minimum atomic E-state index is -0.406. The van der Waals surface area contributed by atoms with Gasteiger partial charge in [0.15, 0.2) is 0 Å². The van der Waals surface area contributed by atoms with Crippen molar-refractivity contribution in [2.45, 2.75) is 13.5 Å². The molecule has 1 heterocycles. The van der Waals surface area contributed by atoms with Crippen molar-refractivity contribution in [3.8, 4) is 0 Å². The van der Waals surface area contributed by atoms with Crippen molar-refractivity contribution in [3.63, 3.8) is 0 Å². The van der Waals surface area contributed by atoms with Crippen molar-refractivity contribution in [1.29, 1.82) is 0 Å². The Labute approximate surface area is 145 Å². The van der Waals surface area contributed by atoms with E-state index < -0.39 is 4.92 Å². The number of nitrogens with two attached hydrogens (primary N) is 1. The number of halogens is 1. The Bertz CT molecular complexity index is 789. The third-order valence-corrected chi connectivity index (χ3v) is 4.60. The van der Waals surface area contributed by atoms with Gasteiger partial charge in [-0.05, 0) is 36.2 Å². The Kier molecular flexibility index (Phi) is 4.85. The summed E-state index contributed by atoms with van der Waals surface area (Å²) in [4.78, 5) is 15.2. The molecule has 1 aliphatic heterocycles. The Morgan fingerprint density at radius 2 is 1.92 bits per heavy atom. The summed E-state index contributed by atoms with van der Waals surface area (Å²) in [5.41, 5.74) is 8.34. The molecule has 0 unspecified atom stereocenters. The van der Waals surface area contributed by atoms with Crippen molar-refractivity contribution in [3.05, 3.63) is 63.5 Å². The highest BCUT2D eigenvalue weighted by Crippen LogP contribution is 2.36. The summed E-state index contributed by atoms with van der Waals surface area (Å²) < 4.78 is 13.3. The molecule has 2 aromatic rings. The van der Waals surface area contributed by atoms with Crippen LogP contribution in [0.5, 0.6) is 0 Å². The van der Waals surface area contributed by atoms with Crippen LogP contribution in [0.25, 0.3) is 0 Å². The van der Waals surface area contributed by atoms with Crippen molar-refractivity contribution < 1.29 is 9.31 Å². The lowest BCUT2D eigenvalue weighted by atomic mass is 10.1. The van der Waals surface area contributed by atoms with Gasteiger partial charge in [0.2, 0.25) is 0 Å². The second-order valence-corrected chi connectivity index (χ2v) is 6.31. The lowest BCUT2D eigenvalue weighted by Gasteiger charge is -2.36. The van der Waals surface area contributed by atoms with Gasteiger partial charge in [-0.25, -0.2) is 4.39 Å². The summed E-state index contributed by atoms with van der Waals surface area (Å²) in [5.74, 6) is -0.234. The molecule has 132 valence electrons. The van der Waals surface area contributed by atoms with Gasteiger partial charge in [0.25, 0.3) is 0 Å². The normalized spacial score (nSPS) is 15.4. The molecule has 3 rings (SSSR count). The van der Waals surface area contributed by atoms with E-state index in [2.05, 4.69) is 4.90 Å². The van der Waals surface area contributed by atoms with Crippen molar-refractivity contribution in [2.75, 3.05) is 36.8 Å². The molecule has 7 heteroatoms. The SMILES string of the molecule is Cc1ccc(N2CCN(Cc3cccc(F)c3)CC2)c([N+](=O)[O-])c1N. The topological polar surface area (TPSA) is 75.6 Å². The van der Waals surface area contributed by atoms with E-state index in [1.165, 1.54) is 12.1 Å². The van der Waals surface area contributed by atoms with Crippen molar-refractivity contribution >= 4 is 17.1 Å². The largest absolute Gasteiger partial charge is 0.393 e. The van der Waals surface area contributed by atoms with Crippen molar-refractivity contribution in [2.24, 2.45) is 0 Å². The van der Waals surface area contributed by atoms with Gasteiger partial charge < -0.3 is 10.6 Å². The maximum Gasteiger partial charge on any atom is 0.315 e. The molecule has 2 N–H and O–H groups in total. The zero-order valence-electron chi connectivity index (χ0n) is 14.1. The maximum atomic E-state index is 13.3. The average Bonchev–Trinajstić information content (AvgIpc) is 2.57. The van der Waals surface area contributed by atoms with Gasteiger partial charge >= 0.3 is 5.69 Å². The van der Waals surface area contributed by atoms with E-state index in [9.17, 15) is 14.5 Å². The fourth-order valence-corrected chi connectivity index (χ4v) is 3.18. The molecule has 0 bridgehead atoms. The molecule has 0 spiro atoms. The number of piperazine rings is 1. The van der Waals surface area contributed by atoms with E-state index in [4.69, 9.17) is 5.73 Å². The molecular formula is C18H21FN4O2. The van der Waals surface area contributed by atoms with Gasteiger partial charge in [0.1, 0.15) is 17.2 Å². The zero-order chi connectivity index (χ0) is 18.0. The molecule has 25 heavy (non-hydrogen) atoms. The number of hydrogen-bond donors (Lipinski definition) is 1. The molecule has 0 amide bonds. The van der Waals surface area contributed by atoms with Crippen LogP contribution in [0.2, 0.25) is 0 Å². The van der Waals surface area contributed by atoms with E-state index in [-0.39, 0.29) is 17.2 Å². The second kappa shape index (κ2) is 7.06. The molecule has 6 nitrogen and oxygen atoms in total. The van der Waals surface area contributed by atoms with Crippen LogP contribution >= 0.6 is 0 Å². The second-order valence-electron chi connectivity index (χ2n) is 6.31. The molecule has 0 radical (unpaired) electrons. The number of nitrogens with zero attached hydrogens (tertiary/aromatic N) is 3. The fourth-order valence-electron chi connectivity index (χ4n) is 3.18. The van der Waals surface area contributed by atoms with Crippen LogP contribution in [0.15, 0.2) is 36.4 Å². The highest BCUT2D eigenvalue weighted by atomic mass is 19.1. The van der Waals surface area contributed by atoms with Gasteiger partial charge in [-0.15, -0.1) is 0 Å². The molecule has 0 aromatic heterocycles. The van der Waals surface area contributed by atoms with E-state index in [0.717, 1.165) is 18.7 Å². The van der Waals surface area contributed by atoms with Crippen LogP contribution in [0.3, 0.4) is 0 Å². The van der Waals surface area contributed by atoms with Gasteiger partial charge in [0.05, 0.1) is 4.92 Å². The minimum Gasteiger partial charge on any atom is -0.393 e. The first-order valence-corrected chi connectivity index (χ1v) is 8.21. The maximum absolute atomic E-state index is 13.3. The Morgan fingerprint density at radius 3 is 2.56 bits per heavy atom. The van der Waals surface area contributed by atoms with Crippen LogP contribution in [-0.4, -0.2) is 36.0 Å². The van der Waals surface area contributed by atoms with Gasteiger partial charge in [-0.2, -0.15) is 0 Å². The lowest BCUT2D eigenvalue weighted by Crippen LogP contribution is -2.46. The van der Waals surface area contributed by atoms with E-state index in [0.29, 0.717) is 30.9 Å². The third-order valence-electron chi connectivity index (χ3n) is 4.60. The average molecular weight is 344 g/mol. The van der Waals surface area contributed by atoms with E-state index in [1.807, 2.05) is 17.0 Å². The molecule has 1 aliphatic rings. The number of nitro groups is 1. The van der Waals surface area contributed by atoms with Crippen LogP contribution in [0.1, 0.15) is 11.1 Å². The number of hydrogen-bond acceptors (Lipinski definition) is 5. The molecule has 1 fully saturated rings. The van der Waals surface area contributed by atoms with E-state index >= 15 is 0 Å². The smallest absolute Gasteiger partial charge is 0.315 e. The summed E-state index contributed by atoms with van der Waals surface area (Å²) in [7, 11) is 0. The molecular weight excluding hydrogens is 323 g/mol. The number of anilines is 2. The Hall–Kier alpha value is -2.67. The Balaban J connectivity index is 1.70. The molecule has 0 saturated carbocycles. The standard InChI is InChI=1S/C18H21FN4O2/c1-13-5-6-16(18(17(13)20)23(24)25)22-9-7-21(8-10-22)12-14-3-2-4-15(19)11-14/h2-6,11H,7-10,12,20H2,1H3. The van der Waals surface area contributed by atoms with Gasteiger partial charge in [-0.1, -0.05) is 18.2 Å². The number of nitrogen functional groups attached to an aromatic ring is 1. The van der Waals surface area contributed by atoms with Crippen molar-refractivity contribution in [1.82, 2.24) is 4.90 Å². The summed E-state index contributed by atoms with van der Waals surface area (Å²) in [5, 5.41) is 11.4. The first-order valence-electron chi connectivity index (χ1n) is 8.21. The quantitative estimate of drug-likeness (QED) is 0.524. The highest BCUT2D eigenvalue weighted by Gasteiger charge is 2.26. The summed E-state index contributed by atoms with van der Waals surface area (Å²) in [6.07, 6.45) is 0. The third kappa shape index (κ3) is 3.71. The predicted molar refractivity (Wildman–Crippen MR) is 96.1 cm³/mol. The Morgan fingerprint density at radius 1 is 1.20 bits per heavy atom. The first-order chi connectivity index (χ1) is 12.0. The lowest BCUT2D eigenvalue weighted by molar-refractivity contribution is -0.383. The van der Waals surface area contributed by atoms with Crippen LogP contribution in [0, 0.1) is 22.9 Å². The molecule has 2 aromatic carbocycles. The summed E-state index contributed by atoms with van der Waals surface area (Å²) in [6, 6.07) is 10.2. The highest BCUT2D eigenvalue weighted by molar-refractivity contribution is 5.78. The first kappa shape index (κ1) is 17.2. The van der Waals surface area contributed by atoms with Crippen LogP contribution in [-0.2, 0) is 6.54 Å². The number of benzene rings is 2. The summed E-state index contributed by atoms with van der Waals surface area (Å²) in [6.45, 7) is 5.27. The minimum absolute atomic E-state index is 0.0152. The zero-order valence-corrected chi connectivity index (χ0v) is 14.1. The number of aryl methyl sites for hydroxylation is 1. The van der Waals surface area contributed by atoms with Crippen LogP contribution < -0.4 is 10.6 Å². The predicted octanol–water partition coefficient (Wildman–Crippen LogP) is 2.95. The molecule has 0 atom stereocenters. The number of nitro benzene ring substituents is 1. The molecule has 0 aliphatic carbocycles. The van der Waals surface area contributed by atoms with Gasteiger partial charge in [-0.3, -0.25) is 15.0 Å². The van der Waals surface area contributed by atoms with Crippen LogP contribution in [0.4, 0.5) is 21.5 Å². The van der Waals surface area contributed by atoms with E-state index in [1.54, 1.807) is 19.1 Å². The summed E-state index contributed by atoms with van der Waals surface area (Å²) >= 11 is 0.